The first kappa shape index (κ1) is 15.3. The Bertz CT molecular complexity index is 270. The third-order valence-corrected chi connectivity index (χ3v) is 2.73. The van der Waals surface area contributed by atoms with Gasteiger partial charge in [0.2, 0.25) is 0 Å². The van der Waals surface area contributed by atoms with Crippen LogP contribution in [0.25, 0.3) is 0 Å². The molecule has 0 atom stereocenters. The largest absolute Gasteiger partial charge is 1.00 e. The van der Waals surface area contributed by atoms with Crippen LogP contribution in [0.15, 0.2) is 0 Å². The average molecular weight is 224 g/mol. The maximum Gasteiger partial charge on any atom is 1.00 e. The molecule has 0 unspecified atom stereocenters. The Hall–Kier alpha value is 0.860. The van der Waals surface area contributed by atoms with Crippen molar-refractivity contribution in [3.8, 4) is 0 Å². The van der Waals surface area contributed by atoms with E-state index in [4.69, 9.17) is 0 Å². The molecule has 8 heteroatoms. The molecule has 0 aromatic carbocycles. The summed E-state index contributed by atoms with van der Waals surface area (Å²) in [5.74, 6) is -0.867. The minimum atomic E-state index is -4.26. The van der Waals surface area contributed by atoms with Gasteiger partial charge < -0.3 is 4.55 Å². The maximum atomic E-state index is 10.4. The van der Waals surface area contributed by atoms with E-state index in [1.54, 1.807) is 0 Å². The van der Waals surface area contributed by atoms with Gasteiger partial charge in [-0.1, -0.05) is 0 Å². The van der Waals surface area contributed by atoms with Crippen LogP contribution in [-0.2, 0) is 20.0 Å². The van der Waals surface area contributed by atoms with E-state index in [1.165, 1.54) is 0 Å². The van der Waals surface area contributed by atoms with Gasteiger partial charge in [0.1, 0.15) is 9.84 Å². The molecular weight excluding hydrogens is 215 g/mol. The first-order valence-electron chi connectivity index (χ1n) is 2.82. The summed E-state index contributed by atoms with van der Waals surface area (Å²) in [4.78, 5) is 0. The van der Waals surface area contributed by atoms with Crippen molar-refractivity contribution in [3.05, 3.63) is 0 Å². The Labute approximate surface area is 94.5 Å². The third kappa shape index (κ3) is 13.4. The zero-order chi connectivity index (χ0) is 9.12. The van der Waals surface area contributed by atoms with Crippen molar-refractivity contribution in [2.75, 3.05) is 17.8 Å². The zero-order valence-corrected chi connectivity index (χ0v) is 10.6. The van der Waals surface area contributed by atoms with Crippen molar-refractivity contribution < 1.29 is 50.9 Å². The van der Waals surface area contributed by atoms with E-state index in [0.717, 1.165) is 6.26 Å². The van der Waals surface area contributed by atoms with E-state index in [2.05, 4.69) is 0 Å². The van der Waals surface area contributed by atoms with Gasteiger partial charge in [0.15, 0.2) is 0 Å². The summed E-state index contributed by atoms with van der Waals surface area (Å²) in [5, 5.41) is 0. The van der Waals surface area contributed by atoms with Gasteiger partial charge in [0.25, 0.3) is 0 Å². The molecule has 0 aromatic rings. The molecule has 0 saturated carbocycles. The first-order valence-corrected chi connectivity index (χ1v) is 6.46. The second-order valence-corrected chi connectivity index (χ2v) is 6.03. The van der Waals surface area contributed by atoms with E-state index in [0.29, 0.717) is 0 Å². The summed E-state index contributed by atoms with van der Waals surface area (Å²) in [5.41, 5.74) is 0. The molecule has 0 radical (unpaired) electrons. The van der Waals surface area contributed by atoms with Crippen LogP contribution in [0.1, 0.15) is 6.42 Å². The van der Waals surface area contributed by atoms with Gasteiger partial charge in [-0.3, -0.25) is 0 Å². The topological polar surface area (TPSA) is 91.3 Å². The van der Waals surface area contributed by atoms with Crippen LogP contribution in [0.3, 0.4) is 0 Å². The minimum absolute atomic E-state index is 0. The summed E-state index contributed by atoms with van der Waals surface area (Å²) >= 11 is 0. The molecule has 12 heavy (non-hydrogen) atoms. The quantitative estimate of drug-likeness (QED) is 0.358. The van der Waals surface area contributed by atoms with Gasteiger partial charge in [-0.15, -0.1) is 0 Å². The summed E-state index contributed by atoms with van der Waals surface area (Å²) in [7, 11) is -7.41. The van der Waals surface area contributed by atoms with Crippen molar-refractivity contribution in [1.82, 2.24) is 0 Å². The normalized spacial score (nSPS) is 12.2. The molecule has 0 aromatic heterocycles. The minimum Gasteiger partial charge on any atom is -0.748 e. The second kappa shape index (κ2) is 5.56. The monoisotopic (exact) mass is 224 g/mol. The van der Waals surface area contributed by atoms with E-state index < -0.39 is 25.7 Å². The van der Waals surface area contributed by atoms with Crippen molar-refractivity contribution >= 4 is 20.0 Å². The van der Waals surface area contributed by atoms with Gasteiger partial charge in [0.05, 0.1) is 15.9 Å². The van der Waals surface area contributed by atoms with Crippen molar-refractivity contribution in [3.63, 3.8) is 0 Å². The maximum absolute atomic E-state index is 10.4. The smallest absolute Gasteiger partial charge is 0.748 e. The Morgan fingerprint density at radius 1 is 1.08 bits per heavy atom. The Balaban J connectivity index is 0. The van der Waals surface area contributed by atoms with Crippen molar-refractivity contribution in [1.29, 1.82) is 0 Å². The molecule has 5 nitrogen and oxygen atoms in total. The van der Waals surface area contributed by atoms with Crippen LogP contribution >= 0.6 is 0 Å². The molecule has 0 aliphatic rings. The predicted octanol–water partition coefficient (Wildman–Crippen LogP) is -4.03. The van der Waals surface area contributed by atoms with Gasteiger partial charge in [-0.05, 0) is 6.42 Å². The number of hydrogen-bond acceptors (Lipinski definition) is 5. The number of sulfone groups is 1. The fourth-order valence-corrected chi connectivity index (χ4v) is 1.85. The molecule has 0 aliphatic carbocycles. The average Bonchev–Trinajstić information content (AvgIpc) is 1.55. The van der Waals surface area contributed by atoms with Crippen LogP contribution in [0, 0.1) is 0 Å². The van der Waals surface area contributed by atoms with E-state index in [1.807, 2.05) is 0 Å². The number of rotatable bonds is 4. The summed E-state index contributed by atoms with van der Waals surface area (Å²) < 4.78 is 50.7. The fourth-order valence-electron chi connectivity index (χ4n) is 0.498. The molecule has 0 N–H and O–H groups in total. The van der Waals surface area contributed by atoms with Crippen LogP contribution in [-0.4, -0.2) is 39.1 Å². The molecule has 0 amide bonds. The SMILES string of the molecule is CS(=O)(=O)CCCS(=O)(=O)[O-].[Na+]. The third-order valence-electron chi connectivity index (χ3n) is 0.909. The molecular formula is C4H9NaO5S2. The van der Waals surface area contributed by atoms with Crippen LogP contribution in [0.2, 0.25) is 0 Å². The molecule has 0 aliphatic heterocycles. The summed E-state index contributed by atoms with van der Waals surface area (Å²) in [6.07, 6.45) is 0.870. The van der Waals surface area contributed by atoms with Gasteiger partial charge >= 0.3 is 29.6 Å². The van der Waals surface area contributed by atoms with Crippen LogP contribution < -0.4 is 29.6 Å². The number of hydrogen-bond donors (Lipinski definition) is 0. The fraction of sp³-hybridized carbons (Fsp3) is 1.00. The molecule has 0 saturated heterocycles. The van der Waals surface area contributed by atoms with Crippen LogP contribution in [0.4, 0.5) is 0 Å². The van der Waals surface area contributed by atoms with Gasteiger partial charge in [-0.25, -0.2) is 16.8 Å². The first-order chi connectivity index (χ1) is 4.71. The molecule has 0 bridgehead atoms. The Morgan fingerprint density at radius 2 is 1.50 bits per heavy atom. The Morgan fingerprint density at radius 3 is 1.75 bits per heavy atom. The van der Waals surface area contributed by atoms with Crippen molar-refractivity contribution in [2.45, 2.75) is 6.42 Å². The molecule has 0 rings (SSSR count). The standard InChI is InChI=1S/C4H10O5S2.Na/c1-10(5,6)3-2-4-11(7,8)9;/h2-4H2,1H3,(H,7,8,9);/q;+1/p-1. The van der Waals surface area contributed by atoms with E-state index in [-0.39, 0.29) is 41.7 Å². The van der Waals surface area contributed by atoms with Crippen molar-refractivity contribution in [2.24, 2.45) is 0 Å². The predicted molar refractivity (Wildman–Crippen MR) is 38.9 cm³/mol. The van der Waals surface area contributed by atoms with Crippen LogP contribution in [0.5, 0.6) is 0 Å². The second-order valence-electron chi connectivity index (χ2n) is 2.25. The van der Waals surface area contributed by atoms with E-state index in [9.17, 15) is 21.4 Å². The molecule has 0 spiro atoms. The zero-order valence-electron chi connectivity index (χ0n) is 6.98. The Kier molecular flexibility index (Phi) is 7.11. The summed E-state index contributed by atoms with van der Waals surface area (Å²) in [6.45, 7) is 0. The van der Waals surface area contributed by atoms with E-state index >= 15 is 0 Å². The summed E-state index contributed by atoms with van der Waals surface area (Å²) in [6, 6.07) is 0. The molecule has 68 valence electrons. The van der Waals surface area contributed by atoms with Gasteiger partial charge in [0, 0.05) is 12.0 Å². The van der Waals surface area contributed by atoms with Gasteiger partial charge in [-0.2, -0.15) is 0 Å². The molecule has 0 heterocycles. The molecule has 0 fully saturated rings.